The second kappa shape index (κ2) is 7.15. The highest BCUT2D eigenvalue weighted by Crippen LogP contribution is 2.21. The van der Waals surface area contributed by atoms with Gasteiger partial charge in [0.2, 0.25) is 0 Å². The first kappa shape index (κ1) is 16.1. The van der Waals surface area contributed by atoms with Crippen LogP contribution in [0, 0.1) is 18.6 Å². The molecule has 1 aromatic carbocycles. The molecule has 0 atom stereocenters. The van der Waals surface area contributed by atoms with Crippen LogP contribution in [0.15, 0.2) is 24.3 Å². The van der Waals surface area contributed by atoms with Crippen molar-refractivity contribution in [1.82, 2.24) is 9.97 Å². The summed E-state index contributed by atoms with van der Waals surface area (Å²) < 4.78 is 26.2. The Labute approximate surface area is 129 Å². The van der Waals surface area contributed by atoms with Crippen molar-refractivity contribution < 1.29 is 8.78 Å². The topological polar surface area (TPSA) is 41.0 Å². The average molecular weight is 306 g/mol. The van der Waals surface area contributed by atoms with E-state index < -0.39 is 11.6 Å². The molecular weight excluding hydrogens is 286 g/mol. The van der Waals surface area contributed by atoms with Crippen LogP contribution in [0.5, 0.6) is 0 Å². The van der Waals surface area contributed by atoms with E-state index in [1.807, 2.05) is 7.05 Å². The maximum absolute atomic E-state index is 13.3. The Bertz CT molecular complexity index is 646. The summed E-state index contributed by atoms with van der Waals surface area (Å²) in [6, 6.07) is 5.45. The fraction of sp³-hybridized carbons (Fsp3) is 0.375. The van der Waals surface area contributed by atoms with Crippen LogP contribution < -0.4 is 10.2 Å². The minimum absolute atomic E-state index is 0.444. The lowest BCUT2D eigenvalue weighted by Crippen LogP contribution is -2.20. The maximum Gasteiger partial charge on any atom is 0.160 e. The molecule has 6 heteroatoms. The van der Waals surface area contributed by atoms with Crippen LogP contribution in [-0.4, -0.2) is 23.6 Å². The number of unbranched alkanes of at least 4 members (excludes halogenated alkanes) is 1. The van der Waals surface area contributed by atoms with Crippen molar-refractivity contribution in [3.8, 4) is 0 Å². The zero-order valence-electron chi connectivity index (χ0n) is 13.0. The molecule has 0 saturated heterocycles. The molecule has 0 saturated carbocycles. The molecule has 1 aromatic heterocycles. The first-order valence-electron chi connectivity index (χ1n) is 7.28. The molecule has 22 heavy (non-hydrogen) atoms. The fourth-order valence-electron chi connectivity index (χ4n) is 2.04. The number of rotatable bonds is 6. The minimum Gasteiger partial charge on any atom is -0.360 e. The Morgan fingerprint density at radius 3 is 2.59 bits per heavy atom. The highest BCUT2D eigenvalue weighted by molar-refractivity contribution is 5.59. The quantitative estimate of drug-likeness (QED) is 0.874. The second-order valence-electron chi connectivity index (χ2n) is 5.19. The number of aromatic nitrogens is 2. The van der Waals surface area contributed by atoms with Crippen molar-refractivity contribution >= 4 is 17.3 Å². The van der Waals surface area contributed by atoms with Gasteiger partial charge in [0.1, 0.15) is 17.5 Å². The molecule has 4 nitrogen and oxygen atoms in total. The number of halogens is 2. The molecule has 0 aliphatic carbocycles. The molecule has 0 unspecified atom stereocenters. The molecule has 0 bridgehead atoms. The van der Waals surface area contributed by atoms with Crippen LogP contribution in [0.4, 0.5) is 26.1 Å². The predicted molar refractivity (Wildman–Crippen MR) is 84.6 cm³/mol. The lowest BCUT2D eigenvalue weighted by molar-refractivity contribution is 0.509. The summed E-state index contributed by atoms with van der Waals surface area (Å²) in [4.78, 5) is 10.7. The summed E-state index contributed by atoms with van der Waals surface area (Å²) in [5.74, 6) is 0.203. The van der Waals surface area contributed by atoms with Gasteiger partial charge < -0.3 is 10.2 Å². The van der Waals surface area contributed by atoms with Crippen LogP contribution in [-0.2, 0) is 0 Å². The van der Waals surface area contributed by atoms with Gasteiger partial charge in [0, 0.05) is 31.4 Å². The van der Waals surface area contributed by atoms with Crippen molar-refractivity contribution in [2.24, 2.45) is 0 Å². The lowest BCUT2D eigenvalue weighted by atomic mass is 10.3. The van der Waals surface area contributed by atoms with Crippen LogP contribution >= 0.6 is 0 Å². The fourth-order valence-corrected chi connectivity index (χ4v) is 2.04. The third kappa shape index (κ3) is 4.13. The minimum atomic E-state index is -0.893. The summed E-state index contributed by atoms with van der Waals surface area (Å²) >= 11 is 0. The Morgan fingerprint density at radius 2 is 1.91 bits per heavy atom. The summed E-state index contributed by atoms with van der Waals surface area (Å²) in [5.41, 5.74) is 0.444. The van der Waals surface area contributed by atoms with E-state index >= 15 is 0 Å². The molecule has 1 heterocycles. The predicted octanol–water partition coefficient (Wildman–Crippen LogP) is 4.04. The molecule has 0 fully saturated rings. The molecule has 118 valence electrons. The number of benzene rings is 1. The molecule has 0 amide bonds. The number of anilines is 3. The highest BCUT2D eigenvalue weighted by atomic mass is 19.2. The Kier molecular flexibility index (Phi) is 5.25. The van der Waals surface area contributed by atoms with Crippen molar-refractivity contribution in [1.29, 1.82) is 0 Å². The number of aryl methyl sites for hydroxylation is 1. The van der Waals surface area contributed by atoms with Gasteiger partial charge >= 0.3 is 0 Å². The molecule has 0 aliphatic heterocycles. The van der Waals surface area contributed by atoms with Crippen molar-refractivity contribution in [3.63, 3.8) is 0 Å². The zero-order valence-corrected chi connectivity index (χ0v) is 13.0. The zero-order chi connectivity index (χ0) is 16.1. The van der Waals surface area contributed by atoms with E-state index in [1.54, 1.807) is 13.0 Å². The van der Waals surface area contributed by atoms with Gasteiger partial charge in [-0.15, -0.1) is 0 Å². The molecule has 1 N–H and O–H groups in total. The molecule has 0 radical (unpaired) electrons. The lowest BCUT2D eigenvalue weighted by Gasteiger charge is -2.19. The summed E-state index contributed by atoms with van der Waals surface area (Å²) in [5, 5.41) is 2.98. The summed E-state index contributed by atoms with van der Waals surface area (Å²) in [7, 11) is 1.97. The van der Waals surface area contributed by atoms with Crippen molar-refractivity contribution in [2.45, 2.75) is 26.7 Å². The Hall–Kier alpha value is -2.24. The number of nitrogens with one attached hydrogen (secondary N) is 1. The third-order valence-corrected chi connectivity index (χ3v) is 3.25. The smallest absolute Gasteiger partial charge is 0.160 e. The van der Waals surface area contributed by atoms with Crippen LogP contribution in [0.1, 0.15) is 25.6 Å². The normalized spacial score (nSPS) is 10.6. The largest absolute Gasteiger partial charge is 0.360 e. The summed E-state index contributed by atoms with van der Waals surface area (Å²) in [6.45, 7) is 4.83. The second-order valence-corrected chi connectivity index (χ2v) is 5.19. The van der Waals surface area contributed by atoms with E-state index in [0.29, 0.717) is 17.3 Å². The monoisotopic (exact) mass is 306 g/mol. The third-order valence-electron chi connectivity index (χ3n) is 3.25. The average Bonchev–Trinajstić information content (AvgIpc) is 2.48. The van der Waals surface area contributed by atoms with Gasteiger partial charge in [-0.05, 0) is 25.5 Å². The number of hydrogen-bond donors (Lipinski definition) is 1. The van der Waals surface area contributed by atoms with Gasteiger partial charge in [-0.1, -0.05) is 13.3 Å². The van der Waals surface area contributed by atoms with Gasteiger partial charge in [0.25, 0.3) is 0 Å². The van der Waals surface area contributed by atoms with Crippen LogP contribution in [0.3, 0.4) is 0 Å². The van der Waals surface area contributed by atoms with Crippen LogP contribution in [0.25, 0.3) is 0 Å². The van der Waals surface area contributed by atoms with Gasteiger partial charge in [-0.3, -0.25) is 0 Å². The van der Waals surface area contributed by atoms with E-state index in [-0.39, 0.29) is 0 Å². The van der Waals surface area contributed by atoms with Crippen LogP contribution in [0.2, 0.25) is 0 Å². The first-order chi connectivity index (χ1) is 10.5. The highest BCUT2D eigenvalue weighted by Gasteiger charge is 2.08. The summed E-state index contributed by atoms with van der Waals surface area (Å²) in [6.07, 6.45) is 2.18. The van der Waals surface area contributed by atoms with Gasteiger partial charge in [-0.2, -0.15) is 0 Å². The van der Waals surface area contributed by atoms with Crippen molar-refractivity contribution in [3.05, 3.63) is 41.7 Å². The molecule has 0 spiro atoms. The number of nitrogens with zero attached hydrogens (tertiary/aromatic N) is 3. The first-order valence-corrected chi connectivity index (χ1v) is 7.28. The van der Waals surface area contributed by atoms with E-state index in [9.17, 15) is 8.78 Å². The van der Waals surface area contributed by atoms with E-state index in [1.165, 1.54) is 6.07 Å². The van der Waals surface area contributed by atoms with Gasteiger partial charge in [-0.25, -0.2) is 18.7 Å². The molecular formula is C16H20F2N4. The molecule has 2 rings (SSSR count). The number of hydrogen-bond acceptors (Lipinski definition) is 4. The van der Waals surface area contributed by atoms with E-state index in [2.05, 4.69) is 27.1 Å². The van der Waals surface area contributed by atoms with E-state index in [0.717, 1.165) is 37.3 Å². The van der Waals surface area contributed by atoms with Crippen molar-refractivity contribution in [2.75, 3.05) is 23.8 Å². The SMILES string of the molecule is CCCCN(C)c1cc(Nc2ccc(F)c(F)c2)nc(C)n1. The van der Waals surface area contributed by atoms with Gasteiger partial charge in [0.05, 0.1) is 0 Å². The maximum atomic E-state index is 13.3. The molecule has 0 aliphatic rings. The van der Waals surface area contributed by atoms with Gasteiger partial charge in [0.15, 0.2) is 11.6 Å². The standard InChI is InChI=1S/C16H20F2N4/c1-4-5-8-22(3)16-10-15(19-11(2)20-16)21-12-6-7-13(17)14(18)9-12/h6-7,9-10H,4-5,8H2,1-3H3,(H,19,20,21). The molecule has 2 aromatic rings. The Morgan fingerprint density at radius 1 is 1.14 bits per heavy atom. The van der Waals surface area contributed by atoms with E-state index in [4.69, 9.17) is 0 Å². The Balaban J connectivity index is 2.20.